The molecule has 0 saturated carbocycles. The highest BCUT2D eigenvalue weighted by molar-refractivity contribution is 5.33. The van der Waals surface area contributed by atoms with Gasteiger partial charge < -0.3 is 15.4 Å². The molecule has 0 aliphatic carbocycles. The first-order chi connectivity index (χ1) is 7.20. The second kappa shape index (κ2) is 4.20. The minimum atomic E-state index is 0.0497. The molecule has 2 N–H and O–H groups in total. The molecule has 1 aromatic rings. The maximum atomic E-state index is 5.75. The lowest BCUT2D eigenvalue weighted by Crippen LogP contribution is -2.59. The zero-order chi connectivity index (χ0) is 10.7. The molecule has 0 aromatic carbocycles. The van der Waals surface area contributed by atoms with Gasteiger partial charge in [0, 0.05) is 32.7 Å². The van der Waals surface area contributed by atoms with Gasteiger partial charge in [-0.3, -0.25) is 4.68 Å². The summed E-state index contributed by atoms with van der Waals surface area (Å²) in [6.07, 6.45) is 1.78. The van der Waals surface area contributed by atoms with Crippen molar-refractivity contribution in [1.29, 1.82) is 0 Å². The van der Waals surface area contributed by atoms with E-state index < -0.39 is 0 Å². The first kappa shape index (κ1) is 10.4. The third-order valence-electron chi connectivity index (χ3n) is 2.68. The molecule has 2 heterocycles. The quantitative estimate of drug-likeness (QED) is 0.682. The van der Waals surface area contributed by atoms with Crippen LogP contribution in [0.4, 0.5) is 5.82 Å². The summed E-state index contributed by atoms with van der Waals surface area (Å²) >= 11 is 0. The number of anilines is 1. The third-order valence-corrected chi connectivity index (χ3v) is 2.68. The molecule has 0 atom stereocenters. The van der Waals surface area contributed by atoms with Crippen molar-refractivity contribution in [3.63, 3.8) is 0 Å². The smallest absolute Gasteiger partial charge is 0.123 e. The predicted octanol–water partition coefficient (Wildman–Crippen LogP) is 0.210. The third kappa shape index (κ3) is 2.49. The monoisotopic (exact) mass is 210 g/mol. The van der Waals surface area contributed by atoms with Crippen molar-refractivity contribution in [2.24, 2.45) is 7.05 Å². The van der Waals surface area contributed by atoms with Gasteiger partial charge in [0.05, 0.1) is 18.4 Å². The number of nitrogens with zero attached hydrogens (tertiary/aromatic N) is 2. The standard InChI is InChI=1S/C10H18N4O/c1-10(7-11-8-10)15-6-5-12-9-3-4-13-14(9)2/h3-4,11-12H,5-8H2,1-2H3. The Bertz CT molecular complexity index is 319. The van der Waals surface area contributed by atoms with E-state index in [0.29, 0.717) is 0 Å². The summed E-state index contributed by atoms with van der Waals surface area (Å²) < 4.78 is 7.56. The van der Waals surface area contributed by atoms with Gasteiger partial charge in [0.25, 0.3) is 0 Å². The number of hydrogen-bond acceptors (Lipinski definition) is 4. The topological polar surface area (TPSA) is 51.1 Å². The van der Waals surface area contributed by atoms with Gasteiger partial charge in [-0.1, -0.05) is 0 Å². The van der Waals surface area contributed by atoms with Gasteiger partial charge in [-0.25, -0.2) is 0 Å². The lowest BCUT2D eigenvalue weighted by atomic mass is 10.0. The van der Waals surface area contributed by atoms with Crippen LogP contribution in [0.15, 0.2) is 12.3 Å². The minimum Gasteiger partial charge on any atom is -0.371 e. The molecule has 0 amide bonds. The van der Waals surface area contributed by atoms with Crippen LogP contribution < -0.4 is 10.6 Å². The average molecular weight is 210 g/mol. The van der Waals surface area contributed by atoms with E-state index in [-0.39, 0.29) is 5.60 Å². The first-order valence-electron chi connectivity index (χ1n) is 5.26. The van der Waals surface area contributed by atoms with Crippen LogP contribution in [0.1, 0.15) is 6.92 Å². The van der Waals surface area contributed by atoms with Crippen LogP contribution in [0.5, 0.6) is 0 Å². The van der Waals surface area contributed by atoms with E-state index in [0.717, 1.165) is 32.1 Å². The summed E-state index contributed by atoms with van der Waals surface area (Å²) in [5.41, 5.74) is 0.0497. The summed E-state index contributed by atoms with van der Waals surface area (Å²) in [7, 11) is 1.92. The average Bonchev–Trinajstić information content (AvgIpc) is 2.56. The summed E-state index contributed by atoms with van der Waals surface area (Å²) in [4.78, 5) is 0. The molecule has 0 unspecified atom stereocenters. The number of rotatable bonds is 5. The van der Waals surface area contributed by atoms with E-state index in [1.54, 1.807) is 6.20 Å². The van der Waals surface area contributed by atoms with Crippen molar-refractivity contribution >= 4 is 5.82 Å². The molecular formula is C10H18N4O. The fourth-order valence-corrected chi connectivity index (χ4v) is 1.60. The molecule has 84 valence electrons. The normalized spacial score (nSPS) is 18.5. The van der Waals surface area contributed by atoms with E-state index in [2.05, 4.69) is 22.7 Å². The van der Waals surface area contributed by atoms with Crippen molar-refractivity contribution < 1.29 is 4.74 Å². The highest BCUT2D eigenvalue weighted by Gasteiger charge is 2.31. The van der Waals surface area contributed by atoms with E-state index in [4.69, 9.17) is 4.74 Å². The molecule has 0 spiro atoms. The largest absolute Gasteiger partial charge is 0.371 e. The van der Waals surface area contributed by atoms with Crippen LogP contribution in [0.3, 0.4) is 0 Å². The Morgan fingerprint density at radius 3 is 3.00 bits per heavy atom. The first-order valence-corrected chi connectivity index (χ1v) is 5.26. The molecule has 15 heavy (non-hydrogen) atoms. The number of aryl methyl sites for hydroxylation is 1. The molecule has 5 heteroatoms. The highest BCUT2D eigenvalue weighted by Crippen LogP contribution is 2.14. The van der Waals surface area contributed by atoms with Gasteiger partial charge >= 0.3 is 0 Å². The van der Waals surface area contributed by atoms with E-state index in [9.17, 15) is 0 Å². The fourth-order valence-electron chi connectivity index (χ4n) is 1.60. The Balaban J connectivity index is 1.65. The molecule has 1 aliphatic rings. The lowest BCUT2D eigenvalue weighted by molar-refractivity contribution is -0.0620. The fraction of sp³-hybridized carbons (Fsp3) is 0.700. The lowest BCUT2D eigenvalue weighted by Gasteiger charge is -2.39. The summed E-state index contributed by atoms with van der Waals surface area (Å²) in [6, 6.07) is 1.95. The Morgan fingerprint density at radius 1 is 1.67 bits per heavy atom. The predicted molar refractivity (Wildman–Crippen MR) is 58.9 cm³/mol. The molecule has 0 bridgehead atoms. The van der Waals surface area contributed by atoms with Crippen LogP contribution in [-0.4, -0.2) is 41.6 Å². The molecule has 1 saturated heterocycles. The van der Waals surface area contributed by atoms with Crippen LogP contribution in [0, 0.1) is 0 Å². The number of hydrogen-bond donors (Lipinski definition) is 2. The second-order valence-corrected chi connectivity index (χ2v) is 4.17. The molecule has 1 aliphatic heterocycles. The molecule has 1 fully saturated rings. The molecule has 5 nitrogen and oxygen atoms in total. The van der Waals surface area contributed by atoms with E-state index in [1.165, 1.54) is 0 Å². The van der Waals surface area contributed by atoms with Crippen molar-refractivity contribution in [2.75, 3.05) is 31.6 Å². The van der Waals surface area contributed by atoms with Crippen LogP contribution in [0.25, 0.3) is 0 Å². The minimum absolute atomic E-state index is 0.0497. The number of ether oxygens (including phenoxy) is 1. The van der Waals surface area contributed by atoms with Gasteiger partial charge in [0.2, 0.25) is 0 Å². The Hall–Kier alpha value is -1.07. The van der Waals surface area contributed by atoms with E-state index in [1.807, 2.05) is 17.8 Å². The van der Waals surface area contributed by atoms with Crippen molar-refractivity contribution in [2.45, 2.75) is 12.5 Å². The number of nitrogens with one attached hydrogen (secondary N) is 2. The zero-order valence-electron chi connectivity index (χ0n) is 9.29. The van der Waals surface area contributed by atoms with Crippen LogP contribution >= 0.6 is 0 Å². The van der Waals surface area contributed by atoms with Crippen LogP contribution in [0.2, 0.25) is 0 Å². The van der Waals surface area contributed by atoms with Gasteiger partial charge in [-0.2, -0.15) is 5.10 Å². The Morgan fingerprint density at radius 2 is 2.47 bits per heavy atom. The maximum absolute atomic E-state index is 5.75. The van der Waals surface area contributed by atoms with Gasteiger partial charge in [0.15, 0.2) is 0 Å². The van der Waals surface area contributed by atoms with Crippen LogP contribution in [-0.2, 0) is 11.8 Å². The zero-order valence-corrected chi connectivity index (χ0v) is 9.29. The number of aromatic nitrogens is 2. The highest BCUT2D eigenvalue weighted by atomic mass is 16.5. The second-order valence-electron chi connectivity index (χ2n) is 4.17. The summed E-state index contributed by atoms with van der Waals surface area (Å²) in [6.45, 7) is 5.59. The molecule has 2 rings (SSSR count). The molecule has 1 aromatic heterocycles. The Kier molecular flexibility index (Phi) is 2.93. The van der Waals surface area contributed by atoms with Crippen molar-refractivity contribution in [3.05, 3.63) is 12.3 Å². The van der Waals surface area contributed by atoms with E-state index >= 15 is 0 Å². The summed E-state index contributed by atoms with van der Waals surface area (Å²) in [5.74, 6) is 1.02. The summed E-state index contributed by atoms with van der Waals surface area (Å²) in [5, 5.41) is 10.5. The molecular weight excluding hydrogens is 192 g/mol. The van der Waals surface area contributed by atoms with Gasteiger partial charge in [-0.15, -0.1) is 0 Å². The SMILES string of the molecule is Cn1nccc1NCCOC1(C)CNC1. The van der Waals surface area contributed by atoms with Crippen molar-refractivity contribution in [1.82, 2.24) is 15.1 Å². The van der Waals surface area contributed by atoms with Gasteiger partial charge in [0.1, 0.15) is 5.82 Å². The Labute approximate surface area is 89.8 Å². The molecule has 0 radical (unpaired) electrons. The van der Waals surface area contributed by atoms with Crippen molar-refractivity contribution in [3.8, 4) is 0 Å². The van der Waals surface area contributed by atoms with Gasteiger partial charge in [-0.05, 0) is 6.92 Å². The maximum Gasteiger partial charge on any atom is 0.123 e.